The molecular formula is C32H28BrNO7. The molecule has 2 amide bonds. The molecule has 0 bridgehead atoms. The average molecular weight is 618 g/mol. The van der Waals surface area contributed by atoms with E-state index in [2.05, 4.69) is 15.9 Å². The number of methoxy groups -OCH3 is 1. The Morgan fingerprint density at radius 1 is 1.02 bits per heavy atom. The molecule has 1 saturated heterocycles. The lowest BCUT2D eigenvalue weighted by Crippen LogP contribution is -2.40. The number of imide groups is 1. The third-order valence-corrected chi connectivity index (χ3v) is 9.42. The van der Waals surface area contributed by atoms with Gasteiger partial charge in [-0.3, -0.25) is 24.1 Å². The van der Waals surface area contributed by atoms with Crippen molar-refractivity contribution in [2.24, 2.45) is 17.8 Å². The van der Waals surface area contributed by atoms with Gasteiger partial charge >= 0.3 is 0 Å². The van der Waals surface area contributed by atoms with Crippen molar-refractivity contribution in [3.05, 3.63) is 86.4 Å². The number of nitrogens with zero attached hydrogens (tertiary/aromatic N) is 1. The second-order valence-electron chi connectivity index (χ2n) is 11.0. The van der Waals surface area contributed by atoms with Crippen molar-refractivity contribution >= 4 is 39.3 Å². The highest BCUT2D eigenvalue weighted by Gasteiger charge is 2.56. The quantitative estimate of drug-likeness (QED) is 0.287. The van der Waals surface area contributed by atoms with Gasteiger partial charge in [0.25, 0.3) is 0 Å². The number of ether oxygens (including phenoxy) is 1. The Morgan fingerprint density at radius 3 is 2.46 bits per heavy atom. The molecule has 0 radical (unpaired) electrons. The molecule has 4 aliphatic rings. The number of rotatable bonds is 5. The molecule has 0 aromatic heterocycles. The van der Waals surface area contributed by atoms with E-state index < -0.39 is 23.7 Å². The van der Waals surface area contributed by atoms with Crippen molar-refractivity contribution < 1.29 is 34.1 Å². The molecule has 1 heterocycles. The molecule has 8 nitrogen and oxygen atoms in total. The van der Waals surface area contributed by atoms with Crippen LogP contribution in [0.4, 0.5) is 0 Å². The number of phenolic OH excluding ortho intramolecular Hbond substituents is 2. The van der Waals surface area contributed by atoms with Crippen molar-refractivity contribution in [1.82, 2.24) is 4.90 Å². The highest BCUT2D eigenvalue weighted by molar-refractivity contribution is 9.10. The Bertz CT molecular complexity index is 1620. The average Bonchev–Trinajstić information content (AvgIpc) is 3.20. The summed E-state index contributed by atoms with van der Waals surface area (Å²) >= 11 is 3.38. The molecule has 2 aromatic carbocycles. The first kappa shape index (κ1) is 27.2. The van der Waals surface area contributed by atoms with Crippen LogP contribution in [-0.2, 0) is 25.6 Å². The monoisotopic (exact) mass is 617 g/mol. The minimum absolute atomic E-state index is 0.0848. The number of allylic oxidation sites excluding steroid dienone is 6. The zero-order chi connectivity index (χ0) is 29.2. The van der Waals surface area contributed by atoms with Crippen LogP contribution < -0.4 is 4.74 Å². The number of Topliss-reactive ketones (excluding diaryl/α,β-unsaturated/α-hetero) is 1. The van der Waals surface area contributed by atoms with Gasteiger partial charge in [0.05, 0.1) is 23.4 Å². The van der Waals surface area contributed by atoms with Crippen molar-refractivity contribution in [2.75, 3.05) is 13.7 Å². The second kappa shape index (κ2) is 10.1. The molecule has 0 saturated carbocycles. The van der Waals surface area contributed by atoms with Crippen LogP contribution in [-0.4, -0.2) is 52.1 Å². The van der Waals surface area contributed by atoms with Crippen LogP contribution in [0.2, 0.25) is 0 Å². The largest absolute Gasteiger partial charge is 0.508 e. The highest BCUT2D eigenvalue weighted by Crippen LogP contribution is 2.56. The van der Waals surface area contributed by atoms with Gasteiger partial charge in [-0.2, -0.15) is 0 Å². The summed E-state index contributed by atoms with van der Waals surface area (Å²) in [4.78, 5) is 55.6. The third kappa shape index (κ3) is 4.34. The summed E-state index contributed by atoms with van der Waals surface area (Å²) in [5.41, 5.74) is 3.48. The van der Waals surface area contributed by atoms with Gasteiger partial charge in [0.15, 0.2) is 23.1 Å². The number of carbonyl (C=O) groups is 4. The van der Waals surface area contributed by atoms with E-state index in [0.29, 0.717) is 39.6 Å². The first-order valence-corrected chi connectivity index (χ1v) is 14.3. The minimum atomic E-state index is -0.642. The maximum atomic E-state index is 13.9. The SMILES string of the molecule is COc1cc([C@H]2C3=CC[C@@H]4C(=O)N(CCc5ccc(O)cc5)C(=O)[C@@H]4[C@@H]3CC3=C2C(=O)C(C)=CC3=O)cc(Br)c1O. The van der Waals surface area contributed by atoms with Gasteiger partial charge in [0.1, 0.15) is 5.75 Å². The lowest BCUT2D eigenvalue weighted by atomic mass is 9.59. The number of aromatic hydroxyl groups is 2. The van der Waals surface area contributed by atoms with Crippen molar-refractivity contribution in [1.29, 1.82) is 0 Å². The molecule has 2 N–H and O–H groups in total. The number of hydrogen-bond acceptors (Lipinski definition) is 7. The smallest absolute Gasteiger partial charge is 0.233 e. The minimum Gasteiger partial charge on any atom is -0.508 e. The Hall–Kier alpha value is -3.98. The number of phenols is 2. The summed E-state index contributed by atoms with van der Waals surface area (Å²) in [6.45, 7) is 1.84. The number of hydrogen-bond donors (Lipinski definition) is 2. The van der Waals surface area contributed by atoms with Gasteiger partial charge in [0, 0.05) is 29.2 Å². The normalized spacial score (nSPS) is 25.5. The molecule has 0 unspecified atom stereocenters. The lowest BCUT2D eigenvalue weighted by Gasteiger charge is -2.42. The Morgan fingerprint density at radius 2 is 1.76 bits per heavy atom. The zero-order valence-electron chi connectivity index (χ0n) is 22.5. The molecule has 6 rings (SSSR count). The van der Waals surface area contributed by atoms with Crippen LogP contribution in [0.25, 0.3) is 0 Å². The number of ketones is 2. The summed E-state index contributed by atoms with van der Waals surface area (Å²) in [5, 5.41) is 20.0. The number of halogens is 1. The Kier molecular flexibility index (Phi) is 6.72. The van der Waals surface area contributed by atoms with Gasteiger partial charge in [-0.25, -0.2) is 0 Å². The molecule has 41 heavy (non-hydrogen) atoms. The van der Waals surface area contributed by atoms with E-state index in [-0.39, 0.29) is 53.6 Å². The molecule has 3 aliphatic carbocycles. The summed E-state index contributed by atoms with van der Waals surface area (Å²) in [6.07, 6.45) is 4.33. The van der Waals surface area contributed by atoms with Crippen LogP contribution >= 0.6 is 15.9 Å². The standard InChI is InChI=1S/C32H28BrNO7/c1-15-11-24(36)22-14-21-19(26(28(22)29(15)37)17-12-23(33)30(38)25(13-17)41-2)7-8-20-27(21)32(40)34(31(20)39)10-9-16-3-5-18(35)6-4-16/h3-7,11-13,20-21,26-27,35,38H,8-10,14H2,1-2H3/t20-,21+,26-,27-/m0/s1. The van der Waals surface area contributed by atoms with E-state index in [1.165, 1.54) is 18.1 Å². The fourth-order valence-corrected chi connectivity index (χ4v) is 7.31. The number of likely N-dealkylation sites (tertiary alicyclic amines) is 1. The van der Waals surface area contributed by atoms with Gasteiger partial charge < -0.3 is 14.9 Å². The number of amides is 2. The topological polar surface area (TPSA) is 121 Å². The Balaban J connectivity index is 1.40. The molecule has 9 heteroatoms. The van der Waals surface area contributed by atoms with Gasteiger partial charge in [-0.1, -0.05) is 23.8 Å². The third-order valence-electron chi connectivity index (χ3n) is 8.82. The zero-order valence-corrected chi connectivity index (χ0v) is 24.1. The molecule has 1 aliphatic heterocycles. The lowest BCUT2D eigenvalue weighted by molar-refractivity contribution is -0.140. The second-order valence-corrected chi connectivity index (χ2v) is 11.9. The van der Waals surface area contributed by atoms with E-state index >= 15 is 0 Å². The molecule has 0 spiro atoms. The maximum absolute atomic E-state index is 13.9. The maximum Gasteiger partial charge on any atom is 0.233 e. The number of benzene rings is 2. The van der Waals surface area contributed by atoms with Crippen LogP contribution in [0.5, 0.6) is 17.2 Å². The van der Waals surface area contributed by atoms with E-state index in [4.69, 9.17) is 4.74 Å². The van der Waals surface area contributed by atoms with E-state index in [1.54, 1.807) is 43.3 Å². The number of fused-ring (bicyclic) bond motifs is 3. The van der Waals surface area contributed by atoms with Crippen LogP contribution in [0.15, 0.2) is 75.3 Å². The molecule has 4 atom stereocenters. The van der Waals surface area contributed by atoms with Crippen molar-refractivity contribution in [2.45, 2.75) is 32.1 Å². The summed E-state index contributed by atoms with van der Waals surface area (Å²) in [6, 6.07) is 10.0. The number of carbonyl (C=O) groups excluding carboxylic acids is 4. The first-order valence-electron chi connectivity index (χ1n) is 13.5. The van der Waals surface area contributed by atoms with Gasteiger partial charge in [0.2, 0.25) is 11.8 Å². The fourth-order valence-electron chi connectivity index (χ4n) is 6.85. The summed E-state index contributed by atoms with van der Waals surface area (Å²) in [5.74, 6) is -2.94. The van der Waals surface area contributed by atoms with E-state index in [0.717, 1.165) is 11.1 Å². The van der Waals surface area contributed by atoms with Crippen molar-refractivity contribution in [3.63, 3.8) is 0 Å². The molecule has 2 aromatic rings. The van der Waals surface area contributed by atoms with E-state index in [9.17, 15) is 29.4 Å². The Labute approximate surface area is 245 Å². The van der Waals surface area contributed by atoms with Crippen LogP contribution in [0.1, 0.15) is 36.8 Å². The van der Waals surface area contributed by atoms with E-state index in [1.807, 2.05) is 6.08 Å². The predicted molar refractivity (Wildman–Crippen MR) is 152 cm³/mol. The summed E-state index contributed by atoms with van der Waals surface area (Å²) < 4.78 is 5.76. The van der Waals surface area contributed by atoms with Crippen LogP contribution in [0, 0.1) is 17.8 Å². The fraction of sp³-hybridized carbons (Fsp3) is 0.312. The predicted octanol–water partition coefficient (Wildman–Crippen LogP) is 4.54. The molecule has 210 valence electrons. The molecular weight excluding hydrogens is 590 g/mol. The van der Waals surface area contributed by atoms with Crippen molar-refractivity contribution in [3.8, 4) is 17.2 Å². The van der Waals surface area contributed by atoms with Gasteiger partial charge in [-0.05, 0) is 89.5 Å². The first-order chi connectivity index (χ1) is 19.6. The molecule has 1 fully saturated rings. The highest BCUT2D eigenvalue weighted by atomic mass is 79.9. The summed E-state index contributed by atoms with van der Waals surface area (Å²) in [7, 11) is 1.43. The van der Waals surface area contributed by atoms with Crippen LogP contribution in [0.3, 0.4) is 0 Å². The van der Waals surface area contributed by atoms with Gasteiger partial charge in [-0.15, -0.1) is 0 Å².